The van der Waals surface area contributed by atoms with E-state index in [1.54, 1.807) is 0 Å². The number of carbonyl (C=O) groups excluding carboxylic acids is 1. The molecule has 0 radical (unpaired) electrons. The summed E-state index contributed by atoms with van der Waals surface area (Å²) in [4.78, 5) is 17.3. The average Bonchev–Trinajstić information content (AvgIpc) is 2.46. The Hall–Kier alpha value is -0.570. The van der Waals surface area contributed by atoms with Crippen LogP contribution in [0.25, 0.3) is 0 Å². The Morgan fingerprint density at radius 1 is 0.870 bits per heavy atom. The Kier molecular flexibility index (Phi) is 5.81. The van der Waals surface area contributed by atoms with Gasteiger partial charge in [0.15, 0.2) is 0 Å². The second-order valence-electron chi connectivity index (χ2n) is 9.83. The summed E-state index contributed by atoms with van der Waals surface area (Å²) in [6, 6.07) is 0. The van der Waals surface area contributed by atoms with Crippen molar-refractivity contribution < 1.29 is 4.79 Å². The molecule has 2 fully saturated rings. The van der Waals surface area contributed by atoms with Gasteiger partial charge in [-0.15, -0.1) is 0 Å². The fraction of sp³-hybridized carbons (Fsp3) is 0.950. The minimum absolute atomic E-state index is 0.268. The summed E-state index contributed by atoms with van der Waals surface area (Å²) in [7, 11) is 0. The van der Waals surface area contributed by atoms with Crippen LogP contribution in [0.15, 0.2) is 0 Å². The molecule has 2 heterocycles. The molecule has 0 saturated carbocycles. The summed E-state index contributed by atoms with van der Waals surface area (Å²) in [6.07, 6.45) is 5.50. The molecule has 2 rings (SSSR count). The first-order chi connectivity index (χ1) is 10.6. The van der Waals surface area contributed by atoms with Crippen LogP contribution in [-0.4, -0.2) is 47.4 Å². The number of amides is 1. The Balaban J connectivity index is 1.74. The van der Waals surface area contributed by atoms with Crippen molar-refractivity contribution in [2.45, 2.75) is 79.2 Å². The van der Waals surface area contributed by atoms with Crippen molar-refractivity contribution in [3.8, 4) is 0 Å². The van der Waals surface area contributed by atoms with E-state index in [9.17, 15) is 4.79 Å². The van der Waals surface area contributed by atoms with Crippen molar-refractivity contribution in [1.82, 2.24) is 9.80 Å². The summed E-state index contributed by atoms with van der Waals surface area (Å²) in [5, 5.41) is 0. The quantitative estimate of drug-likeness (QED) is 0.762. The second-order valence-corrected chi connectivity index (χ2v) is 9.83. The van der Waals surface area contributed by atoms with E-state index < -0.39 is 0 Å². The number of likely N-dealkylation sites (tertiary alicyclic amines) is 2. The van der Waals surface area contributed by atoms with Crippen molar-refractivity contribution in [2.24, 2.45) is 17.3 Å². The molecule has 3 heteroatoms. The first-order valence-electron chi connectivity index (χ1n) is 9.60. The third kappa shape index (κ3) is 5.20. The Morgan fingerprint density at radius 3 is 1.83 bits per heavy atom. The van der Waals surface area contributed by atoms with Gasteiger partial charge in [-0.3, -0.25) is 9.69 Å². The number of piperidine rings is 2. The van der Waals surface area contributed by atoms with Crippen LogP contribution < -0.4 is 0 Å². The van der Waals surface area contributed by atoms with Gasteiger partial charge in [0.2, 0.25) is 5.91 Å². The number of hydrogen-bond donors (Lipinski definition) is 0. The van der Waals surface area contributed by atoms with Gasteiger partial charge in [0.1, 0.15) is 0 Å². The number of nitrogens with zero attached hydrogens (tertiary/aromatic N) is 2. The van der Waals surface area contributed by atoms with Gasteiger partial charge >= 0.3 is 0 Å². The molecule has 3 nitrogen and oxygen atoms in total. The molecular formula is C20H38N2O. The van der Waals surface area contributed by atoms with Crippen molar-refractivity contribution in [1.29, 1.82) is 0 Å². The third-order valence-corrected chi connectivity index (χ3v) is 6.10. The van der Waals surface area contributed by atoms with Crippen molar-refractivity contribution in [2.75, 3.05) is 26.2 Å². The molecule has 2 aliphatic heterocycles. The number of hydrogen-bond acceptors (Lipinski definition) is 2. The van der Waals surface area contributed by atoms with E-state index in [2.05, 4.69) is 51.3 Å². The summed E-state index contributed by atoms with van der Waals surface area (Å²) in [5.74, 6) is 1.77. The minimum Gasteiger partial charge on any atom is -0.343 e. The van der Waals surface area contributed by atoms with Crippen LogP contribution in [-0.2, 0) is 4.79 Å². The molecule has 0 spiro atoms. The Morgan fingerprint density at radius 2 is 1.39 bits per heavy atom. The van der Waals surface area contributed by atoms with Gasteiger partial charge in [0.05, 0.1) is 0 Å². The van der Waals surface area contributed by atoms with E-state index >= 15 is 0 Å². The van der Waals surface area contributed by atoms with Gasteiger partial charge < -0.3 is 4.90 Å². The normalized spacial score (nSPS) is 23.3. The fourth-order valence-corrected chi connectivity index (χ4v) is 4.18. The molecule has 0 aliphatic carbocycles. The molecular weight excluding hydrogens is 284 g/mol. The summed E-state index contributed by atoms with van der Waals surface area (Å²) >= 11 is 0. The van der Waals surface area contributed by atoms with Crippen LogP contribution in [0, 0.1) is 17.3 Å². The smallest absolute Gasteiger partial charge is 0.222 e. The van der Waals surface area contributed by atoms with Gasteiger partial charge in [-0.25, -0.2) is 0 Å². The lowest BCUT2D eigenvalue weighted by Crippen LogP contribution is -2.47. The largest absolute Gasteiger partial charge is 0.343 e. The van der Waals surface area contributed by atoms with Gasteiger partial charge in [-0.2, -0.15) is 0 Å². The maximum Gasteiger partial charge on any atom is 0.222 e. The topological polar surface area (TPSA) is 23.6 Å². The third-order valence-electron chi connectivity index (χ3n) is 6.10. The average molecular weight is 323 g/mol. The minimum atomic E-state index is 0.268. The van der Waals surface area contributed by atoms with Crippen molar-refractivity contribution >= 4 is 5.91 Å². The van der Waals surface area contributed by atoms with Gasteiger partial charge in [0.25, 0.3) is 0 Å². The molecule has 0 aromatic rings. The molecule has 1 amide bonds. The molecule has 134 valence electrons. The molecule has 0 unspecified atom stereocenters. The Labute approximate surface area is 143 Å². The lowest BCUT2D eigenvalue weighted by Gasteiger charge is -2.42. The van der Waals surface area contributed by atoms with Gasteiger partial charge in [-0.05, 0) is 76.8 Å². The van der Waals surface area contributed by atoms with E-state index in [1.165, 1.54) is 25.7 Å². The SMILES string of the molecule is CC(C)(C)C1CCN(C(=O)CC2CCN(C(C)(C)C)CC2)CC1. The second kappa shape index (κ2) is 7.13. The highest BCUT2D eigenvalue weighted by molar-refractivity contribution is 5.76. The zero-order valence-corrected chi connectivity index (χ0v) is 16.3. The Bertz CT molecular complexity index is 389. The maximum absolute atomic E-state index is 12.6. The molecule has 2 aliphatic rings. The summed E-state index contributed by atoms with van der Waals surface area (Å²) in [5.41, 5.74) is 0.652. The number of rotatable bonds is 2. The van der Waals surface area contributed by atoms with Gasteiger partial charge in [-0.1, -0.05) is 20.8 Å². The highest BCUT2D eigenvalue weighted by Gasteiger charge is 2.32. The monoisotopic (exact) mass is 322 g/mol. The first-order valence-corrected chi connectivity index (χ1v) is 9.60. The highest BCUT2D eigenvalue weighted by atomic mass is 16.2. The molecule has 0 bridgehead atoms. The molecule has 0 atom stereocenters. The van der Waals surface area contributed by atoms with E-state index in [-0.39, 0.29) is 5.54 Å². The molecule has 23 heavy (non-hydrogen) atoms. The predicted octanol–water partition coefficient (Wildman–Crippen LogP) is 4.17. The van der Waals surface area contributed by atoms with E-state index in [0.29, 0.717) is 17.2 Å². The van der Waals surface area contributed by atoms with Crippen LogP contribution in [0.2, 0.25) is 0 Å². The zero-order valence-electron chi connectivity index (χ0n) is 16.3. The van der Waals surface area contributed by atoms with Crippen LogP contribution in [0.3, 0.4) is 0 Å². The summed E-state index contributed by atoms with van der Waals surface area (Å²) in [6.45, 7) is 18.1. The van der Waals surface area contributed by atoms with Crippen LogP contribution in [0.5, 0.6) is 0 Å². The van der Waals surface area contributed by atoms with Crippen LogP contribution in [0.4, 0.5) is 0 Å². The predicted molar refractivity (Wildman–Crippen MR) is 97.4 cm³/mol. The van der Waals surface area contributed by atoms with E-state index in [4.69, 9.17) is 0 Å². The van der Waals surface area contributed by atoms with Crippen LogP contribution in [0.1, 0.15) is 73.6 Å². The van der Waals surface area contributed by atoms with E-state index in [1.807, 2.05) is 0 Å². The summed E-state index contributed by atoms with van der Waals surface area (Å²) < 4.78 is 0. The number of carbonyl (C=O) groups is 1. The first kappa shape index (κ1) is 18.8. The highest BCUT2D eigenvalue weighted by Crippen LogP contribution is 2.35. The van der Waals surface area contributed by atoms with Crippen molar-refractivity contribution in [3.05, 3.63) is 0 Å². The van der Waals surface area contributed by atoms with E-state index in [0.717, 1.165) is 38.5 Å². The molecule has 0 aromatic heterocycles. The fourth-order valence-electron chi connectivity index (χ4n) is 4.18. The van der Waals surface area contributed by atoms with Crippen LogP contribution >= 0.6 is 0 Å². The maximum atomic E-state index is 12.6. The van der Waals surface area contributed by atoms with Crippen molar-refractivity contribution in [3.63, 3.8) is 0 Å². The zero-order chi connectivity index (χ0) is 17.3. The lowest BCUT2D eigenvalue weighted by molar-refractivity contribution is -0.134. The molecule has 0 aromatic carbocycles. The molecule has 2 saturated heterocycles. The van der Waals surface area contributed by atoms with Gasteiger partial charge in [0, 0.05) is 25.0 Å². The standard InChI is InChI=1S/C20H38N2O/c1-19(2,3)17-9-11-21(12-10-17)18(23)15-16-7-13-22(14-8-16)20(4,5)6/h16-17H,7-15H2,1-6H3. The lowest BCUT2D eigenvalue weighted by atomic mass is 9.75. The molecule has 0 N–H and O–H groups in total.